The van der Waals surface area contributed by atoms with E-state index in [2.05, 4.69) is 16.4 Å². The van der Waals surface area contributed by atoms with Crippen molar-refractivity contribution in [3.63, 3.8) is 0 Å². The second-order valence-corrected chi connectivity index (χ2v) is 6.16. The van der Waals surface area contributed by atoms with Crippen LogP contribution in [0.5, 0.6) is 5.75 Å². The van der Waals surface area contributed by atoms with E-state index in [0.29, 0.717) is 12.0 Å². The summed E-state index contributed by atoms with van der Waals surface area (Å²) in [7, 11) is 2.03. The van der Waals surface area contributed by atoms with Crippen LogP contribution in [-0.4, -0.2) is 29.6 Å². The maximum Gasteiger partial charge on any atom is 0.138 e. The summed E-state index contributed by atoms with van der Waals surface area (Å²) in [6, 6.07) is 2.51. The van der Waals surface area contributed by atoms with Crippen molar-refractivity contribution in [2.24, 2.45) is 5.92 Å². The Labute approximate surface area is 114 Å². The molecule has 1 aliphatic heterocycles. The third-order valence-electron chi connectivity index (χ3n) is 3.21. The van der Waals surface area contributed by atoms with Gasteiger partial charge in [0, 0.05) is 12.2 Å². The Balaban J connectivity index is 2.14. The van der Waals surface area contributed by atoms with Crippen LogP contribution in [0.4, 0.5) is 0 Å². The summed E-state index contributed by atoms with van der Waals surface area (Å²) < 4.78 is 5.72. The average Bonchev–Trinajstić information content (AvgIpc) is 2.83. The first-order chi connectivity index (χ1) is 8.70. The van der Waals surface area contributed by atoms with E-state index in [-0.39, 0.29) is 6.10 Å². The van der Waals surface area contributed by atoms with Gasteiger partial charge in [-0.3, -0.25) is 4.98 Å². The zero-order valence-electron chi connectivity index (χ0n) is 11.3. The van der Waals surface area contributed by atoms with Crippen molar-refractivity contribution in [3.05, 3.63) is 24.0 Å². The summed E-state index contributed by atoms with van der Waals surface area (Å²) in [5.41, 5.74) is 1.24. The van der Waals surface area contributed by atoms with Crippen molar-refractivity contribution in [2.75, 3.05) is 18.6 Å². The number of hydrogen-bond acceptors (Lipinski definition) is 4. The molecule has 1 aromatic rings. The molecule has 1 aromatic heterocycles. The van der Waals surface area contributed by atoms with Gasteiger partial charge in [-0.2, -0.15) is 11.8 Å². The molecule has 1 fully saturated rings. The zero-order chi connectivity index (χ0) is 13.0. The van der Waals surface area contributed by atoms with Crippen molar-refractivity contribution >= 4 is 11.8 Å². The lowest BCUT2D eigenvalue weighted by molar-refractivity contribution is 0.240. The van der Waals surface area contributed by atoms with Gasteiger partial charge in [0.15, 0.2) is 0 Å². The van der Waals surface area contributed by atoms with E-state index in [0.717, 1.165) is 5.75 Å². The van der Waals surface area contributed by atoms with Gasteiger partial charge in [-0.15, -0.1) is 0 Å². The van der Waals surface area contributed by atoms with E-state index in [1.807, 2.05) is 38.9 Å². The lowest BCUT2D eigenvalue weighted by Crippen LogP contribution is -2.25. The highest BCUT2D eigenvalue weighted by molar-refractivity contribution is 7.99. The molecule has 2 rings (SSSR count). The molecule has 2 unspecified atom stereocenters. The first-order valence-electron chi connectivity index (χ1n) is 6.57. The van der Waals surface area contributed by atoms with Gasteiger partial charge in [-0.1, -0.05) is 0 Å². The van der Waals surface area contributed by atoms with E-state index >= 15 is 0 Å². The van der Waals surface area contributed by atoms with Crippen LogP contribution in [0.1, 0.15) is 31.9 Å². The Kier molecular flexibility index (Phi) is 4.89. The Morgan fingerprint density at radius 3 is 2.89 bits per heavy atom. The number of hydrogen-bond donors (Lipinski definition) is 1. The van der Waals surface area contributed by atoms with Crippen LogP contribution in [0.15, 0.2) is 18.5 Å². The lowest BCUT2D eigenvalue weighted by atomic mass is 9.93. The van der Waals surface area contributed by atoms with Gasteiger partial charge < -0.3 is 10.1 Å². The molecule has 0 radical (unpaired) electrons. The molecule has 4 heteroatoms. The molecule has 1 saturated heterocycles. The molecule has 100 valence electrons. The largest absolute Gasteiger partial charge is 0.489 e. The second-order valence-electron chi connectivity index (χ2n) is 5.01. The maximum absolute atomic E-state index is 5.72. The number of rotatable bonds is 5. The van der Waals surface area contributed by atoms with Crippen molar-refractivity contribution in [3.8, 4) is 5.75 Å². The van der Waals surface area contributed by atoms with Gasteiger partial charge in [-0.25, -0.2) is 0 Å². The average molecular weight is 266 g/mol. The summed E-state index contributed by atoms with van der Waals surface area (Å²) in [5, 5.41) is 3.43. The highest BCUT2D eigenvalue weighted by atomic mass is 32.2. The number of nitrogens with one attached hydrogen (secondary N) is 1. The Hall–Kier alpha value is -0.740. The molecule has 3 nitrogen and oxygen atoms in total. The van der Waals surface area contributed by atoms with Crippen molar-refractivity contribution < 1.29 is 4.74 Å². The summed E-state index contributed by atoms with van der Waals surface area (Å²) >= 11 is 2.04. The van der Waals surface area contributed by atoms with Gasteiger partial charge >= 0.3 is 0 Å². The fourth-order valence-electron chi connectivity index (χ4n) is 2.43. The van der Waals surface area contributed by atoms with Gasteiger partial charge in [-0.05, 0) is 56.4 Å². The molecule has 2 atom stereocenters. The quantitative estimate of drug-likeness (QED) is 0.888. The molecule has 0 spiro atoms. The number of nitrogens with zero attached hydrogens (tertiary/aromatic N) is 1. The summed E-state index contributed by atoms with van der Waals surface area (Å²) in [4.78, 5) is 4.31. The molecular weight excluding hydrogens is 244 g/mol. The first-order valence-corrected chi connectivity index (χ1v) is 7.72. The minimum absolute atomic E-state index is 0.192. The molecule has 0 bridgehead atoms. The SMILES string of the molecule is CNC(c1cncc(OC(C)C)c1)C1CCSC1. The highest BCUT2D eigenvalue weighted by Crippen LogP contribution is 2.34. The molecule has 2 heterocycles. The minimum atomic E-state index is 0.192. The summed E-state index contributed by atoms with van der Waals surface area (Å²) in [6.45, 7) is 4.08. The molecule has 0 amide bonds. The van der Waals surface area contributed by atoms with Gasteiger partial charge in [0.05, 0.1) is 12.3 Å². The third-order valence-corrected chi connectivity index (χ3v) is 4.40. The molecule has 1 N–H and O–H groups in total. The van der Waals surface area contributed by atoms with Crippen LogP contribution in [0, 0.1) is 5.92 Å². The minimum Gasteiger partial charge on any atom is -0.489 e. The fourth-order valence-corrected chi connectivity index (χ4v) is 3.73. The normalized spacial score (nSPS) is 21.2. The Bertz CT molecular complexity index is 378. The van der Waals surface area contributed by atoms with Crippen LogP contribution in [-0.2, 0) is 0 Å². The number of thioether (sulfide) groups is 1. The predicted molar refractivity (Wildman–Crippen MR) is 77.2 cm³/mol. The lowest BCUT2D eigenvalue weighted by Gasteiger charge is -2.23. The second kappa shape index (κ2) is 6.43. The Morgan fingerprint density at radius 1 is 1.44 bits per heavy atom. The van der Waals surface area contributed by atoms with E-state index in [4.69, 9.17) is 4.74 Å². The molecule has 1 aliphatic rings. The third kappa shape index (κ3) is 3.39. The smallest absolute Gasteiger partial charge is 0.138 e. The standard InChI is InChI=1S/C14H22N2OS/c1-10(2)17-13-6-12(7-16-8-13)14(15-3)11-4-5-18-9-11/h6-8,10-11,14-15H,4-5,9H2,1-3H3. The molecule has 18 heavy (non-hydrogen) atoms. The van der Waals surface area contributed by atoms with E-state index in [1.54, 1.807) is 6.20 Å². The highest BCUT2D eigenvalue weighted by Gasteiger charge is 2.26. The van der Waals surface area contributed by atoms with Crippen LogP contribution < -0.4 is 10.1 Å². The number of pyridine rings is 1. The molecular formula is C14H22N2OS. The Morgan fingerprint density at radius 2 is 2.28 bits per heavy atom. The topological polar surface area (TPSA) is 34.2 Å². The molecule has 0 saturated carbocycles. The van der Waals surface area contributed by atoms with E-state index in [1.165, 1.54) is 23.5 Å². The maximum atomic E-state index is 5.72. The van der Waals surface area contributed by atoms with Gasteiger partial charge in [0.1, 0.15) is 5.75 Å². The van der Waals surface area contributed by atoms with Crippen molar-refractivity contribution in [2.45, 2.75) is 32.4 Å². The summed E-state index contributed by atoms with van der Waals surface area (Å²) in [6.07, 6.45) is 5.22. The number of aromatic nitrogens is 1. The first kappa shape index (κ1) is 13.7. The van der Waals surface area contributed by atoms with Crippen molar-refractivity contribution in [1.82, 2.24) is 10.3 Å². The van der Waals surface area contributed by atoms with E-state index < -0.39 is 0 Å². The summed E-state index contributed by atoms with van der Waals surface area (Å²) in [5.74, 6) is 4.09. The van der Waals surface area contributed by atoms with Crippen LogP contribution >= 0.6 is 11.8 Å². The molecule has 0 aromatic carbocycles. The zero-order valence-corrected chi connectivity index (χ0v) is 12.2. The van der Waals surface area contributed by atoms with Crippen LogP contribution in [0.3, 0.4) is 0 Å². The molecule has 0 aliphatic carbocycles. The fraction of sp³-hybridized carbons (Fsp3) is 0.643. The van der Waals surface area contributed by atoms with Crippen LogP contribution in [0.2, 0.25) is 0 Å². The van der Waals surface area contributed by atoms with E-state index in [9.17, 15) is 0 Å². The van der Waals surface area contributed by atoms with Crippen LogP contribution in [0.25, 0.3) is 0 Å². The van der Waals surface area contributed by atoms with Crippen molar-refractivity contribution in [1.29, 1.82) is 0 Å². The number of ether oxygens (including phenoxy) is 1. The predicted octanol–water partition coefficient (Wildman–Crippen LogP) is 2.88. The monoisotopic (exact) mass is 266 g/mol. The van der Waals surface area contributed by atoms with Gasteiger partial charge in [0.2, 0.25) is 0 Å². The van der Waals surface area contributed by atoms with Gasteiger partial charge in [0.25, 0.3) is 0 Å².